The minimum absolute atomic E-state index is 0.0341. The van der Waals surface area contributed by atoms with Crippen molar-refractivity contribution in [1.82, 2.24) is 19.7 Å². The van der Waals surface area contributed by atoms with Crippen molar-refractivity contribution in [1.29, 1.82) is 0 Å². The van der Waals surface area contributed by atoms with Crippen LogP contribution in [0.3, 0.4) is 0 Å². The number of carbonyl (C=O) groups is 1. The van der Waals surface area contributed by atoms with Gasteiger partial charge in [0.05, 0.1) is 11.4 Å². The number of amides is 1. The number of thioether (sulfide) groups is 1. The molecule has 1 saturated carbocycles. The molecule has 2 N–H and O–H groups in total. The van der Waals surface area contributed by atoms with E-state index >= 15 is 0 Å². The van der Waals surface area contributed by atoms with Crippen LogP contribution in [0.25, 0.3) is 0 Å². The van der Waals surface area contributed by atoms with Crippen molar-refractivity contribution in [3.63, 3.8) is 0 Å². The predicted molar refractivity (Wildman–Crippen MR) is 106 cm³/mol. The molecule has 1 fully saturated rings. The standard InChI is InChI=1S/C19H27N5OS/c1-4-10-24-18(15-8-6-5-7-9-15)22-23-19(24)26-12-16(25)21-17-13(2)11-20-14(17)3/h4,11,15,20H,1,5-10,12H2,2-3H3,(H,21,25). The van der Waals surface area contributed by atoms with Gasteiger partial charge in [-0.15, -0.1) is 16.8 Å². The van der Waals surface area contributed by atoms with Gasteiger partial charge >= 0.3 is 0 Å². The smallest absolute Gasteiger partial charge is 0.234 e. The third kappa shape index (κ3) is 4.20. The Bertz CT molecular complexity index is 753. The van der Waals surface area contributed by atoms with Crippen molar-refractivity contribution in [2.24, 2.45) is 0 Å². The van der Waals surface area contributed by atoms with Crippen molar-refractivity contribution in [2.75, 3.05) is 11.1 Å². The SMILES string of the molecule is C=CCn1c(SCC(=O)Nc2c(C)c[nH]c2C)nnc1C1CCCCC1. The van der Waals surface area contributed by atoms with E-state index in [9.17, 15) is 4.79 Å². The zero-order valence-corrected chi connectivity index (χ0v) is 16.4. The summed E-state index contributed by atoms with van der Waals surface area (Å²) in [5.41, 5.74) is 2.87. The molecule has 3 rings (SSSR count). The Morgan fingerprint density at radius 1 is 1.38 bits per heavy atom. The average molecular weight is 374 g/mol. The molecule has 0 spiro atoms. The molecule has 140 valence electrons. The number of nitrogens with one attached hydrogen (secondary N) is 2. The number of aromatic nitrogens is 4. The van der Waals surface area contributed by atoms with E-state index in [1.165, 1.54) is 43.9 Å². The van der Waals surface area contributed by atoms with E-state index in [2.05, 4.69) is 31.6 Å². The Balaban J connectivity index is 1.66. The van der Waals surface area contributed by atoms with Crippen molar-refractivity contribution >= 4 is 23.4 Å². The maximum atomic E-state index is 12.3. The van der Waals surface area contributed by atoms with Gasteiger partial charge in [0.1, 0.15) is 5.82 Å². The largest absolute Gasteiger partial charge is 0.363 e. The van der Waals surface area contributed by atoms with Gasteiger partial charge in [0.2, 0.25) is 5.91 Å². The van der Waals surface area contributed by atoms with Crippen molar-refractivity contribution in [3.8, 4) is 0 Å². The van der Waals surface area contributed by atoms with Gasteiger partial charge in [0.15, 0.2) is 5.16 Å². The van der Waals surface area contributed by atoms with Crippen molar-refractivity contribution in [3.05, 3.63) is 35.9 Å². The summed E-state index contributed by atoms with van der Waals surface area (Å²) in [7, 11) is 0. The lowest BCUT2D eigenvalue weighted by molar-refractivity contribution is -0.113. The Labute approximate surface area is 158 Å². The minimum Gasteiger partial charge on any atom is -0.363 e. The summed E-state index contributed by atoms with van der Waals surface area (Å²) >= 11 is 1.43. The van der Waals surface area contributed by atoms with Crippen LogP contribution in [0.5, 0.6) is 0 Å². The molecule has 0 radical (unpaired) electrons. The summed E-state index contributed by atoms with van der Waals surface area (Å²) in [5, 5.41) is 12.6. The van der Waals surface area contributed by atoms with Gasteiger partial charge in [-0.1, -0.05) is 37.1 Å². The third-order valence-corrected chi connectivity index (χ3v) is 5.87. The van der Waals surface area contributed by atoms with E-state index in [4.69, 9.17) is 0 Å². The highest BCUT2D eigenvalue weighted by atomic mass is 32.2. The third-order valence-electron chi connectivity index (χ3n) is 4.90. The molecule has 0 bridgehead atoms. The quantitative estimate of drug-likeness (QED) is 0.564. The number of hydrogen-bond acceptors (Lipinski definition) is 4. The highest BCUT2D eigenvalue weighted by Gasteiger charge is 2.23. The predicted octanol–water partition coefficient (Wildman–Crippen LogP) is 4.19. The van der Waals surface area contributed by atoms with Crippen LogP contribution in [0, 0.1) is 13.8 Å². The first-order valence-corrected chi connectivity index (χ1v) is 10.2. The van der Waals surface area contributed by atoms with Crippen molar-refractivity contribution in [2.45, 2.75) is 63.6 Å². The Morgan fingerprint density at radius 2 is 2.15 bits per heavy atom. The van der Waals surface area contributed by atoms with Gasteiger partial charge in [-0.3, -0.25) is 4.79 Å². The molecule has 2 aromatic rings. The lowest BCUT2D eigenvalue weighted by Gasteiger charge is -2.21. The number of hydrogen-bond donors (Lipinski definition) is 2. The van der Waals surface area contributed by atoms with E-state index in [1.54, 1.807) is 0 Å². The summed E-state index contributed by atoms with van der Waals surface area (Å²) in [6.45, 7) is 8.47. The molecule has 1 amide bonds. The van der Waals surface area contributed by atoms with Crippen LogP contribution in [0.4, 0.5) is 5.69 Å². The summed E-state index contributed by atoms with van der Waals surface area (Å²) in [6, 6.07) is 0. The number of aryl methyl sites for hydroxylation is 2. The molecule has 2 heterocycles. The number of rotatable bonds is 7. The fourth-order valence-electron chi connectivity index (χ4n) is 3.52. The first-order chi connectivity index (χ1) is 12.6. The van der Waals surface area contributed by atoms with Gasteiger partial charge in [0.25, 0.3) is 0 Å². The second-order valence-electron chi connectivity index (χ2n) is 6.88. The zero-order valence-electron chi connectivity index (χ0n) is 15.5. The normalized spacial score (nSPS) is 15.2. The van der Waals surface area contributed by atoms with Crippen LogP contribution in [0.15, 0.2) is 24.0 Å². The summed E-state index contributed by atoms with van der Waals surface area (Å²) in [4.78, 5) is 15.5. The van der Waals surface area contributed by atoms with Gasteiger partial charge < -0.3 is 14.9 Å². The van der Waals surface area contributed by atoms with Crippen LogP contribution in [-0.2, 0) is 11.3 Å². The van der Waals surface area contributed by atoms with E-state index in [0.29, 0.717) is 18.2 Å². The lowest BCUT2D eigenvalue weighted by atomic mass is 9.89. The van der Waals surface area contributed by atoms with Crippen molar-refractivity contribution < 1.29 is 4.79 Å². The van der Waals surface area contributed by atoms with Crippen LogP contribution in [0.2, 0.25) is 0 Å². The Morgan fingerprint density at radius 3 is 2.81 bits per heavy atom. The number of aromatic amines is 1. The molecule has 1 aliphatic carbocycles. The van der Waals surface area contributed by atoms with Crippen LogP contribution < -0.4 is 5.32 Å². The van der Waals surface area contributed by atoms with E-state index in [0.717, 1.165) is 27.9 Å². The molecule has 1 aliphatic rings. The Hall–Kier alpha value is -2.02. The molecule has 0 aliphatic heterocycles. The second kappa shape index (κ2) is 8.58. The van der Waals surface area contributed by atoms with Crippen LogP contribution in [-0.4, -0.2) is 31.4 Å². The van der Waals surface area contributed by atoms with Gasteiger partial charge in [-0.05, 0) is 32.3 Å². The molecular weight excluding hydrogens is 346 g/mol. The number of carbonyl (C=O) groups excluding carboxylic acids is 1. The monoisotopic (exact) mass is 373 g/mol. The molecule has 0 saturated heterocycles. The maximum Gasteiger partial charge on any atom is 0.234 e. The molecule has 26 heavy (non-hydrogen) atoms. The molecule has 0 atom stereocenters. The molecule has 2 aromatic heterocycles. The maximum absolute atomic E-state index is 12.3. The second-order valence-corrected chi connectivity index (χ2v) is 7.83. The lowest BCUT2D eigenvalue weighted by Crippen LogP contribution is -2.16. The fourth-order valence-corrected chi connectivity index (χ4v) is 4.28. The van der Waals surface area contributed by atoms with E-state index in [1.807, 2.05) is 26.1 Å². The molecule has 7 heteroatoms. The minimum atomic E-state index is -0.0341. The van der Waals surface area contributed by atoms with Gasteiger partial charge in [-0.25, -0.2) is 0 Å². The molecule has 6 nitrogen and oxygen atoms in total. The first-order valence-electron chi connectivity index (χ1n) is 9.21. The number of allylic oxidation sites excluding steroid dienone is 1. The van der Waals surface area contributed by atoms with Crippen LogP contribution in [0.1, 0.15) is 55.1 Å². The fraction of sp³-hybridized carbons (Fsp3) is 0.526. The Kier molecular flexibility index (Phi) is 6.19. The van der Waals surface area contributed by atoms with Crippen LogP contribution >= 0.6 is 11.8 Å². The van der Waals surface area contributed by atoms with Gasteiger partial charge in [-0.2, -0.15) is 0 Å². The average Bonchev–Trinajstić information content (AvgIpc) is 3.19. The van der Waals surface area contributed by atoms with E-state index in [-0.39, 0.29) is 5.91 Å². The molecular formula is C19H27N5OS. The topological polar surface area (TPSA) is 75.6 Å². The number of anilines is 1. The molecule has 0 aromatic carbocycles. The summed E-state index contributed by atoms with van der Waals surface area (Å²) < 4.78 is 2.12. The summed E-state index contributed by atoms with van der Waals surface area (Å²) in [5.74, 6) is 1.80. The zero-order chi connectivity index (χ0) is 18.5. The highest BCUT2D eigenvalue weighted by molar-refractivity contribution is 7.99. The number of nitrogens with zero attached hydrogens (tertiary/aromatic N) is 3. The van der Waals surface area contributed by atoms with Gasteiger partial charge in [0, 0.05) is 24.4 Å². The molecule has 0 unspecified atom stereocenters. The first kappa shape index (κ1) is 18.8. The van der Waals surface area contributed by atoms with E-state index < -0.39 is 0 Å². The summed E-state index contributed by atoms with van der Waals surface area (Å²) in [6.07, 6.45) is 9.93. The number of H-pyrrole nitrogens is 1. The highest BCUT2D eigenvalue weighted by Crippen LogP contribution is 2.33.